The molecule has 43 heavy (non-hydrogen) atoms. The van der Waals surface area contributed by atoms with Gasteiger partial charge < -0.3 is 20.4 Å². The second kappa shape index (κ2) is 12.5. The Labute approximate surface area is 251 Å². The van der Waals surface area contributed by atoms with Gasteiger partial charge in [0.05, 0.1) is 17.8 Å². The minimum absolute atomic E-state index is 0.0735. The summed E-state index contributed by atoms with van der Waals surface area (Å²) in [4.78, 5) is 0. The second-order valence-corrected chi connectivity index (χ2v) is 14.1. The van der Waals surface area contributed by atoms with E-state index in [2.05, 4.69) is 19.4 Å². The third-order valence-corrected chi connectivity index (χ3v) is 10.2. The molecule has 4 N–H and O–H groups in total. The summed E-state index contributed by atoms with van der Waals surface area (Å²) in [6.07, 6.45) is -3.77. The molecule has 0 aliphatic heterocycles. The lowest BCUT2D eigenvalue weighted by Crippen LogP contribution is -2.55. The van der Waals surface area contributed by atoms with E-state index in [4.69, 9.17) is 0 Å². The standard InChI is InChI=1S/C33H46F6O4/c1-21-23(19-24(40)20-26(21)41)11-10-22-9-6-17-30(5)25(22)12-13-27(30)29(4,15-7-14-28(2,3)42)16-8-18-31(43,32(34,35)36)33(37,38)39/h10-11,24-27,40-43H,1,6-7,9,12-17,19-20H2,2-5H3/b22-10+,23-11-/t24-,25?,26+,27-,29+,30+/m1/s1. The molecule has 3 saturated carbocycles. The number of aliphatic hydroxyl groups is 4. The van der Waals surface area contributed by atoms with Crippen LogP contribution in [0.25, 0.3) is 0 Å². The molecular weight excluding hydrogens is 574 g/mol. The maximum Gasteiger partial charge on any atom is 0.438 e. The highest BCUT2D eigenvalue weighted by molar-refractivity contribution is 5.39. The van der Waals surface area contributed by atoms with Crippen LogP contribution in [0.5, 0.6) is 0 Å². The number of halogens is 6. The van der Waals surface area contributed by atoms with Crippen molar-refractivity contribution >= 4 is 0 Å². The largest absolute Gasteiger partial charge is 0.438 e. The van der Waals surface area contributed by atoms with Gasteiger partial charge in [-0.1, -0.05) is 50.5 Å². The Morgan fingerprint density at radius 2 is 1.60 bits per heavy atom. The number of fused-ring (bicyclic) bond motifs is 1. The van der Waals surface area contributed by atoms with E-state index in [-0.39, 0.29) is 30.1 Å². The minimum atomic E-state index is -6.01. The van der Waals surface area contributed by atoms with Gasteiger partial charge in [0, 0.05) is 12.8 Å². The van der Waals surface area contributed by atoms with Crippen LogP contribution < -0.4 is 0 Å². The zero-order valence-corrected chi connectivity index (χ0v) is 25.5. The molecule has 0 radical (unpaired) electrons. The van der Waals surface area contributed by atoms with Crippen molar-refractivity contribution in [1.82, 2.24) is 0 Å². The lowest BCUT2D eigenvalue weighted by Gasteiger charge is -2.49. The summed E-state index contributed by atoms with van der Waals surface area (Å²) in [5.74, 6) is 3.35. The van der Waals surface area contributed by atoms with Crippen LogP contribution >= 0.6 is 0 Å². The van der Waals surface area contributed by atoms with Crippen molar-refractivity contribution in [2.75, 3.05) is 0 Å². The van der Waals surface area contributed by atoms with Gasteiger partial charge >= 0.3 is 18.0 Å². The average molecular weight is 621 g/mol. The highest BCUT2D eigenvalue weighted by atomic mass is 19.4. The molecule has 0 aromatic carbocycles. The molecule has 0 spiro atoms. The zero-order chi connectivity index (χ0) is 32.6. The molecule has 0 aromatic rings. The number of rotatable bonds is 7. The van der Waals surface area contributed by atoms with Gasteiger partial charge in [0.15, 0.2) is 0 Å². The van der Waals surface area contributed by atoms with E-state index in [9.17, 15) is 46.8 Å². The highest BCUT2D eigenvalue weighted by Gasteiger charge is 2.70. The Hall–Kier alpha value is -1.80. The van der Waals surface area contributed by atoms with Crippen molar-refractivity contribution in [3.8, 4) is 11.8 Å². The Bertz CT molecular complexity index is 1140. The predicted molar refractivity (Wildman–Crippen MR) is 152 cm³/mol. The van der Waals surface area contributed by atoms with E-state index in [1.807, 2.05) is 19.1 Å². The molecule has 0 amide bonds. The summed E-state index contributed by atoms with van der Waals surface area (Å²) in [7, 11) is 0. The average Bonchev–Trinajstić information content (AvgIpc) is 3.21. The quantitative estimate of drug-likeness (QED) is 0.178. The van der Waals surface area contributed by atoms with Crippen LogP contribution in [0, 0.1) is 34.5 Å². The molecule has 3 aliphatic rings. The molecule has 0 heterocycles. The van der Waals surface area contributed by atoms with Gasteiger partial charge in [-0.25, -0.2) is 0 Å². The van der Waals surface area contributed by atoms with E-state index >= 15 is 0 Å². The van der Waals surface area contributed by atoms with Crippen LogP contribution in [-0.2, 0) is 0 Å². The molecule has 0 aromatic heterocycles. The van der Waals surface area contributed by atoms with E-state index in [1.165, 1.54) is 5.57 Å². The predicted octanol–water partition coefficient (Wildman–Crippen LogP) is 7.32. The van der Waals surface area contributed by atoms with Gasteiger partial charge in [0.25, 0.3) is 0 Å². The van der Waals surface area contributed by atoms with Gasteiger partial charge in [-0.3, -0.25) is 0 Å². The van der Waals surface area contributed by atoms with Crippen LogP contribution in [0.15, 0.2) is 35.5 Å². The SMILES string of the molecule is C=C1/C(=C\C=C2/CCC[C@@]3(C)C2CC[C@@H]3[C@](C)(CC#CC(O)(C(F)(F)F)C(F)(F)F)CCCC(C)(C)O)C[C@@H](O)C[C@@H]1O. The van der Waals surface area contributed by atoms with E-state index in [1.54, 1.807) is 13.8 Å². The molecule has 0 saturated heterocycles. The van der Waals surface area contributed by atoms with E-state index in [0.717, 1.165) is 37.2 Å². The molecule has 6 atom stereocenters. The minimum Gasteiger partial charge on any atom is -0.393 e. The molecule has 3 aliphatic carbocycles. The Kier molecular flexibility index (Phi) is 10.4. The fraction of sp³-hybridized carbons (Fsp3) is 0.758. The lowest BCUT2D eigenvalue weighted by molar-refractivity contribution is -0.343. The van der Waals surface area contributed by atoms with Crippen LogP contribution in [0.4, 0.5) is 26.3 Å². The molecule has 10 heteroatoms. The maximum atomic E-state index is 13.3. The Balaban J connectivity index is 1.95. The van der Waals surface area contributed by atoms with Crippen LogP contribution in [0.3, 0.4) is 0 Å². The summed E-state index contributed by atoms with van der Waals surface area (Å²) >= 11 is 0. The van der Waals surface area contributed by atoms with Crippen molar-refractivity contribution in [2.45, 2.75) is 134 Å². The number of hydrogen-bond acceptors (Lipinski definition) is 4. The van der Waals surface area contributed by atoms with Gasteiger partial charge in [-0.2, -0.15) is 26.3 Å². The van der Waals surface area contributed by atoms with Gasteiger partial charge in [0.1, 0.15) is 0 Å². The number of aliphatic hydroxyl groups excluding tert-OH is 2. The van der Waals surface area contributed by atoms with E-state index in [0.29, 0.717) is 37.7 Å². The van der Waals surface area contributed by atoms with Gasteiger partial charge in [-0.15, -0.1) is 0 Å². The summed E-state index contributed by atoms with van der Waals surface area (Å²) in [5.41, 5.74) is -4.60. The van der Waals surface area contributed by atoms with Crippen LogP contribution in [-0.4, -0.2) is 56.2 Å². The van der Waals surface area contributed by atoms with Crippen molar-refractivity contribution in [2.24, 2.45) is 22.7 Å². The fourth-order valence-electron chi connectivity index (χ4n) is 7.84. The van der Waals surface area contributed by atoms with Crippen molar-refractivity contribution in [3.63, 3.8) is 0 Å². The third kappa shape index (κ3) is 7.71. The van der Waals surface area contributed by atoms with Crippen molar-refractivity contribution in [3.05, 3.63) is 35.5 Å². The van der Waals surface area contributed by atoms with Crippen molar-refractivity contribution in [1.29, 1.82) is 0 Å². The van der Waals surface area contributed by atoms with Crippen LogP contribution in [0.1, 0.15) is 98.3 Å². The zero-order valence-electron chi connectivity index (χ0n) is 25.5. The third-order valence-electron chi connectivity index (χ3n) is 10.2. The van der Waals surface area contributed by atoms with Crippen molar-refractivity contribution < 1.29 is 46.8 Å². The normalized spacial score (nSPS) is 32.4. The molecule has 4 nitrogen and oxygen atoms in total. The molecule has 3 rings (SSSR count). The topological polar surface area (TPSA) is 80.9 Å². The number of hydrogen-bond donors (Lipinski definition) is 4. The number of allylic oxidation sites excluding steroid dienone is 3. The van der Waals surface area contributed by atoms with Gasteiger partial charge in [0.2, 0.25) is 0 Å². The summed E-state index contributed by atoms with van der Waals surface area (Å²) in [6, 6.07) is 0. The number of alkyl halides is 6. The summed E-state index contributed by atoms with van der Waals surface area (Å²) in [6.45, 7) is 11.3. The summed E-state index contributed by atoms with van der Waals surface area (Å²) < 4.78 is 79.9. The molecule has 3 fully saturated rings. The molecule has 244 valence electrons. The Morgan fingerprint density at radius 3 is 2.19 bits per heavy atom. The fourth-order valence-corrected chi connectivity index (χ4v) is 7.84. The first kappa shape index (κ1) is 35.7. The lowest BCUT2D eigenvalue weighted by atomic mass is 9.55. The Morgan fingerprint density at radius 1 is 0.977 bits per heavy atom. The van der Waals surface area contributed by atoms with Crippen LogP contribution in [0.2, 0.25) is 0 Å². The van der Waals surface area contributed by atoms with E-state index < -0.39 is 41.2 Å². The molecule has 0 bridgehead atoms. The monoisotopic (exact) mass is 620 g/mol. The maximum absolute atomic E-state index is 13.3. The first-order chi connectivity index (χ1) is 19.5. The highest BCUT2D eigenvalue weighted by Crippen LogP contribution is 2.63. The molecular formula is C33H46F6O4. The van der Waals surface area contributed by atoms with Gasteiger partial charge in [-0.05, 0) is 105 Å². The smallest absolute Gasteiger partial charge is 0.393 e. The summed E-state index contributed by atoms with van der Waals surface area (Å²) in [5, 5.41) is 40.2. The second-order valence-electron chi connectivity index (χ2n) is 14.1. The first-order valence-corrected chi connectivity index (χ1v) is 15.1. The first-order valence-electron chi connectivity index (χ1n) is 15.1. The molecule has 1 unspecified atom stereocenters.